The molecule has 1 fully saturated rings. The normalized spacial score (nSPS) is 31.8. The van der Waals surface area contributed by atoms with Crippen molar-refractivity contribution in [3.63, 3.8) is 0 Å². The Kier molecular flexibility index (Phi) is 2.45. The van der Waals surface area contributed by atoms with Crippen molar-refractivity contribution >= 4 is 0 Å². The Bertz CT molecular complexity index is 262. The fraction of sp³-hybridized carbons (Fsp3) is 0.800. The van der Waals surface area contributed by atoms with Gasteiger partial charge in [-0.1, -0.05) is 20.8 Å². The number of hydrogen-bond acceptors (Lipinski definition) is 0. The van der Waals surface area contributed by atoms with E-state index in [2.05, 4.69) is 0 Å². The first-order valence-electron chi connectivity index (χ1n) is 4.60. The van der Waals surface area contributed by atoms with Crippen LogP contribution in [0.25, 0.3) is 0 Å². The summed E-state index contributed by atoms with van der Waals surface area (Å²) in [5, 5.41) is 0. The van der Waals surface area contributed by atoms with Crippen molar-refractivity contribution in [2.45, 2.75) is 39.8 Å². The molecule has 1 unspecified atom stereocenters. The number of hydrogen-bond donors (Lipinski definition) is 0. The second-order valence-electron chi connectivity index (χ2n) is 4.56. The van der Waals surface area contributed by atoms with Crippen molar-refractivity contribution in [3.8, 4) is 0 Å². The molecule has 0 radical (unpaired) electrons. The number of alkyl halides is 3. The lowest BCUT2D eigenvalue weighted by atomic mass is 9.92. The van der Waals surface area contributed by atoms with Crippen LogP contribution >= 0.6 is 0 Å². The summed E-state index contributed by atoms with van der Waals surface area (Å²) in [4.78, 5) is 0. The van der Waals surface area contributed by atoms with E-state index in [1.165, 1.54) is 0 Å². The third-order valence-corrected chi connectivity index (χ3v) is 3.28. The summed E-state index contributed by atoms with van der Waals surface area (Å²) in [7, 11) is 0. The van der Waals surface area contributed by atoms with E-state index in [0.717, 1.165) is 6.08 Å². The average Bonchev–Trinajstić information content (AvgIpc) is 2.52. The van der Waals surface area contributed by atoms with Crippen molar-refractivity contribution in [3.05, 3.63) is 11.9 Å². The Hall–Kier alpha value is -0.540. The molecule has 0 spiro atoms. The molecule has 0 aromatic heterocycles. The molecule has 4 heteroatoms. The summed E-state index contributed by atoms with van der Waals surface area (Å²) >= 11 is 0. The van der Waals surface area contributed by atoms with Crippen LogP contribution in [0.5, 0.6) is 0 Å². The summed E-state index contributed by atoms with van der Waals surface area (Å²) in [6.45, 7) is 5.50. The first-order chi connectivity index (χ1) is 6.15. The molecule has 1 rings (SSSR count). The highest BCUT2D eigenvalue weighted by molar-refractivity contribution is 5.22. The quantitative estimate of drug-likeness (QED) is 0.598. The highest BCUT2D eigenvalue weighted by atomic mass is 19.4. The van der Waals surface area contributed by atoms with Gasteiger partial charge in [-0.15, -0.1) is 0 Å². The summed E-state index contributed by atoms with van der Waals surface area (Å²) in [6, 6.07) is 0. The van der Waals surface area contributed by atoms with Crippen molar-refractivity contribution < 1.29 is 17.6 Å². The maximum atomic E-state index is 12.7. The van der Waals surface area contributed by atoms with Gasteiger partial charge in [0.2, 0.25) is 5.83 Å². The summed E-state index contributed by atoms with van der Waals surface area (Å²) in [5.74, 6) is -1.95. The third kappa shape index (κ3) is 1.79. The fourth-order valence-corrected chi connectivity index (χ4v) is 2.02. The van der Waals surface area contributed by atoms with Gasteiger partial charge in [-0.25, -0.2) is 4.39 Å². The van der Waals surface area contributed by atoms with Crippen LogP contribution in [-0.2, 0) is 0 Å². The van der Waals surface area contributed by atoms with Crippen LogP contribution in [0, 0.1) is 10.8 Å². The van der Waals surface area contributed by atoms with E-state index in [0.29, 0.717) is 12.8 Å². The van der Waals surface area contributed by atoms with Gasteiger partial charge in [-0.3, -0.25) is 0 Å². The largest absolute Gasteiger partial charge is 0.442 e. The van der Waals surface area contributed by atoms with Crippen molar-refractivity contribution in [1.29, 1.82) is 0 Å². The molecule has 0 nitrogen and oxygen atoms in total. The van der Waals surface area contributed by atoms with Crippen LogP contribution in [0.4, 0.5) is 17.6 Å². The van der Waals surface area contributed by atoms with Crippen molar-refractivity contribution in [1.82, 2.24) is 0 Å². The zero-order valence-corrected chi connectivity index (χ0v) is 8.50. The molecule has 0 saturated heterocycles. The number of halogens is 4. The van der Waals surface area contributed by atoms with Crippen LogP contribution in [0.1, 0.15) is 33.6 Å². The zero-order chi connectivity index (χ0) is 11.2. The molecule has 0 amide bonds. The SMILES string of the molecule is CCC1(/C=C(\F)C(F)(F)F)CC1(C)C. The summed E-state index contributed by atoms with van der Waals surface area (Å²) in [5.41, 5.74) is -0.795. The van der Waals surface area contributed by atoms with Gasteiger partial charge in [0.05, 0.1) is 0 Å². The van der Waals surface area contributed by atoms with E-state index in [4.69, 9.17) is 0 Å². The van der Waals surface area contributed by atoms with Crippen LogP contribution < -0.4 is 0 Å². The molecule has 82 valence electrons. The zero-order valence-electron chi connectivity index (χ0n) is 8.50. The highest BCUT2D eigenvalue weighted by Crippen LogP contribution is 2.67. The van der Waals surface area contributed by atoms with E-state index in [1.807, 2.05) is 13.8 Å². The van der Waals surface area contributed by atoms with Crippen LogP contribution in [0.2, 0.25) is 0 Å². The predicted octanol–water partition coefficient (Wildman–Crippen LogP) is 4.23. The second kappa shape index (κ2) is 2.97. The Labute approximate surface area is 81.0 Å². The maximum Gasteiger partial charge on any atom is 0.442 e. The molecule has 14 heavy (non-hydrogen) atoms. The minimum absolute atomic E-state index is 0.204. The van der Waals surface area contributed by atoms with Crippen LogP contribution in [-0.4, -0.2) is 6.18 Å². The Morgan fingerprint density at radius 2 is 1.79 bits per heavy atom. The monoisotopic (exact) mass is 210 g/mol. The van der Waals surface area contributed by atoms with Crippen molar-refractivity contribution in [2.75, 3.05) is 0 Å². The highest BCUT2D eigenvalue weighted by Gasteiger charge is 2.59. The Balaban J connectivity index is 2.88. The average molecular weight is 210 g/mol. The molecule has 0 aromatic rings. The first-order valence-corrected chi connectivity index (χ1v) is 4.60. The third-order valence-electron chi connectivity index (χ3n) is 3.28. The molecule has 1 atom stereocenters. The standard InChI is InChI=1S/C10H14F4/c1-4-9(6-8(9,2)3)5-7(11)10(12,13)14/h5H,4,6H2,1-3H3/b7-5-. The molecular formula is C10H14F4. The van der Waals surface area contributed by atoms with E-state index in [1.54, 1.807) is 6.92 Å². The minimum Gasteiger partial charge on any atom is -0.202 e. The van der Waals surface area contributed by atoms with Crippen LogP contribution in [0.3, 0.4) is 0 Å². The van der Waals surface area contributed by atoms with E-state index >= 15 is 0 Å². The summed E-state index contributed by atoms with van der Waals surface area (Å²) in [6.07, 6.45) is -2.91. The van der Waals surface area contributed by atoms with E-state index in [9.17, 15) is 17.6 Å². The molecule has 1 aliphatic rings. The molecule has 0 bridgehead atoms. The predicted molar refractivity (Wildman–Crippen MR) is 46.4 cm³/mol. The van der Waals surface area contributed by atoms with Gasteiger partial charge in [0.1, 0.15) is 0 Å². The van der Waals surface area contributed by atoms with Gasteiger partial charge in [-0.2, -0.15) is 13.2 Å². The first kappa shape index (κ1) is 11.5. The van der Waals surface area contributed by atoms with Gasteiger partial charge in [0.25, 0.3) is 0 Å². The van der Waals surface area contributed by atoms with Gasteiger partial charge < -0.3 is 0 Å². The van der Waals surface area contributed by atoms with E-state index in [-0.39, 0.29) is 5.41 Å². The lowest BCUT2D eigenvalue weighted by molar-refractivity contribution is -0.109. The van der Waals surface area contributed by atoms with Gasteiger partial charge >= 0.3 is 6.18 Å². The molecule has 0 aliphatic heterocycles. The van der Waals surface area contributed by atoms with E-state index < -0.39 is 17.4 Å². The number of allylic oxidation sites excluding steroid dienone is 2. The molecule has 0 N–H and O–H groups in total. The molecule has 0 heterocycles. The maximum absolute atomic E-state index is 12.7. The Morgan fingerprint density at radius 1 is 1.36 bits per heavy atom. The topological polar surface area (TPSA) is 0 Å². The molecule has 1 saturated carbocycles. The fourth-order valence-electron chi connectivity index (χ4n) is 2.02. The smallest absolute Gasteiger partial charge is 0.202 e. The molecule has 1 aliphatic carbocycles. The van der Waals surface area contributed by atoms with Gasteiger partial charge in [0.15, 0.2) is 0 Å². The molecule has 0 aromatic carbocycles. The number of rotatable bonds is 2. The van der Waals surface area contributed by atoms with Gasteiger partial charge in [0, 0.05) is 0 Å². The lowest BCUT2D eigenvalue weighted by Crippen LogP contribution is -2.12. The van der Waals surface area contributed by atoms with Crippen LogP contribution in [0.15, 0.2) is 11.9 Å². The van der Waals surface area contributed by atoms with Crippen molar-refractivity contribution in [2.24, 2.45) is 10.8 Å². The Morgan fingerprint density at radius 3 is 2.00 bits per heavy atom. The molecular weight excluding hydrogens is 196 g/mol. The minimum atomic E-state index is -4.83. The second-order valence-corrected chi connectivity index (χ2v) is 4.56. The summed E-state index contributed by atoms with van der Waals surface area (Å²) < 4.78 is 48.6. The lowest BCUT2D eigenvalue weighted by Gasteiger charge is -2.14. The van der Waals surface area contributed by atoms with Gasteiger partial charge in [-0.05, 0) is 29.7 Å².